The summed E-state index contributed by atoms with van der Waals surface area (Å²) in [5.41, 5.74) is 0.504. The van der Waals surface area contributed by atoms with E-state index in [0.29, 0.717) is 62.7 Å². The van der Waals surface area contributed by atoms with Gasteiger partial charge in [-0.2, -0.15) is 5.26 Å². The van der Waals surface area contributed by atoms with E-state index in [0.717, 1.165) is 0 Å². The molecule has 7 heteroatoms. The van der Waals surface area contributed by atoms with Crippen molar-refractivity contribution < 1.29 is 19.1 Å². The maximum atomic E-state index is 12.2. The van der Waals surface area contributed by atoms with Crippen molar-refractivity contribution in [3.05, 3.63) is 23.8 Å². The molecule has 1 aliphatic heterocycles. The van der Waals surface area contributed by atoms with Gasteiger partial charge in [-0.1, -0.05) is 0 Å². The molecule has 0 spiro atoms. The number of amides is 2. The van der Waals surface area contributed by atoms with Crippen molar-refractivity contribution in [1.82, 2.24) is 9.80 Å². The third-order valence-corrected chi connectivity index (χ3v) is 4.16. The fourth-order valence-corrected chi connectivity index (χ4v) is 2.69. The van der Waals surface area contributed by atoms with Gasteiger partial charge in [0.15, 0.2) is 11.5 Å². The van der Waals surface area contributed by atoms with E-state index in [1.165, 1.54) is 7.11 Å². The van der Waals surface area contributed by atoms with E-state index in [9.17, 15) is 9.59 Å². The molecule has 0 saturated carbocycles. The number of benzene rings is 1. The Kier molecular flexibility index (Phi) is 6.63. The lowest BCUT2D eigenvalue weighted by molar-refractivity contribution is -0.138. The molecule has 0 unspecified atom stereocenters. The first kappa shape index (κ1) is 18.6. The van der Waals surface area contributed by atoms with Gasteiger partial charge in [-0.3, -0.25) is 9.59 Å². The molecule has 134 valence electrons. The molecule has 25 heavy (non-hydrogen) atoms. The topological polar surface area (TPSA) is 82.9 Å². The second kappa shape index (κ2) is 8.92. The van der Waals surface area contributed by atoms with Crippen LogP contribution in [0.4, 0.5) is 0 Å². The number of carbonyl (C=O) groups is 2. The van der Waals surface area contributed by atoms with E-state index in [1.54, 1.807) is 34.9 Å². The van der Waals surface area contributed by atoms with Gasteiger partial charge in [-0.25, -0.2) is 0 Å². The Labute approximate surface area is 147 Å². The molecular formula is C18H23N3O4. The van der Waals surface area contributed by atoms with Gasteiger partial charge < -0.3 is 19.3 Å². The van der Waals surface area contributed by atoms with Crippen molar-refractivity contribution in [2.75, 3.05) is 39.9 Å². The molecule has 0 radical (unpaired) electrons. The van der Waals surface area contributed by atoms with Crippen molar-refractivity contribution in [2.24, 2.45) is 0 Å². The van der Waals surface area contributed by atoms with E-state index in [2.05, 4.69) is 0 Å². The molecule has 0 atom stereocenters. The highest BCUT2D eigenvalue weighted by atomic mass is 16.5. The summed E-state index contributed by atoms with van der Waals surface area (Å²) < 4.78 is 10.9. The predicted molar refractivity (Wildman–Crippen MR) is 91.3 cm³/mol. The summed E-state index contributed by atoms with van der Waals surface area (Å²) in [6.07, 6.45) is 0.994. The maximum absolute atomic E-state index is 12.2. The molecule has 0 aliphatic carbocycles. The molecule has 1 heterocycles. The second-order valence-corrected chi connectivity index (χ2v) is 5.82. The largest absolute Gasteiger partial charge is 0.493 e. The van der Waals surface area contributed by atoms with Crippen molar-refractivity contribution in [3.8, 4) is 17.6 Å². The molecule has 0 bridgehead atoms. The summed E-state index contributed by atoms with van der Waals surface area (Å²) in [5.74, 6) is 1.20. The third kappa shape index (κ3) is 5.11. The van der Waals surface area contributed by atoms with Gasteiger partial charge in [-0.15, -0.1) is 0 Å². The van der Waals surface area contributed by atoms with E-state index < -0.39 is 0 Å². The quantitative estimate of drug-likeness (QED) is 0.728. The van der Waals surface area contributed by atoms with Crippen molar-refractivity contribution in [3.63, 3.8) is 0 Å². The van der Waals surface area contributed by atoms with Crippen LogP contribution in [0.3, 0.4) is 0 Å². The minimum atomic E-state index is 0.0527. The van der Waals surface area contributed by atoms with Gasteiger partial charge in [0.25, 0.3) is 0 Å². The summed E-state index contributed by atoms with van der Waals surface area (Å²) in [6, 6.07) is 7.03. The van der Waals surface area contributed by atoms with Crippen LogP contribution in [-0.2, 0) is 9.59 Å². The monoisotopic (exact) mass is 345 g/mol. The van der Waals surface area contributed by atoms with E-state index in [1.807, 2.05) is 6.07 Å². The molecule has 0 aromatic heterocycles. The van der Waals surface area contributed by atoms with Crippen molar-refractivity contribution >= 4 is 11.8 Å². The highest BCUT2D eigenvalue weighted by molar-refractivity contribution is 5.77. The van der Waals surface area contributed by atoms with E-state index in [4.69, 9.17) is 14.7 Å². The average Bonchev–Trinajstić information content (AvgIpc) is 2.65. The van der Waals surface area contributed by atoms with Gasteiger partial charge in [0.1, 0.15) is 0 Å². The molecule has 1 saturated heterocycles. The Morgan fingerprint density at radius 2 is 1.84 bits per heavy atom. The Morgan fingerprint density at radius 1 is 1.16 bits per heavy atom. The van der Waals surface area contributed by atoms with Crippen LogP contribution in [0, 0.1) is 11.3 Å². The Balaban J connectivity index is 1.74. The number of nitriles is 1. The predicted octanol–water partition coefficient (Wildman–Crippen LogP) is 1.42. The van der Waals surface area contributed by atoms with Crippen molar-refractivity contribution in [1.29, 1.82) is 5.26 Å². The summed E-state index contributed by atoms with van der Waals surface area (Å²) >= 11 is 0. The average molecular weight is 345 g/mol. The molecule has 0 N–H and O–H groups in total. The number of hydrogen-bond donors (Lipinski definition) is 0. The molecule has 2 rings (SSSR count). The van der Waals surface area contributed by atoms with E-state index in [-0.39, 0.29) is 11.8 Å². The van der Waals surface area contributed by atoms with Crippen LogP contribution in [0.15, 0.2) is 18.2 Å². The van der Waals surface area contributed by atoms with Gasteiger partial charge in [-0.05, 0) is 18.6 Å². The number of methoxy groups -OCH3 is 1. The summed E-state index contributed by atoms with van der Waals surface area (Å²) in [4.78, 5) is 27.0. The zero-order valence-electron chi connectivity index (χ0n) is 14.7. The Bertz CT molecular complexity index is 661. The zero-order valence-corrected chi connectivity index (χ0v) is 14.7. The molecule has 7 nitrogen and oxygen atoms in total. The summed E-state index contributed by atoms with van der Waals surface area (Å²) in [7, 11) is 1.52. The molecule has 1 aliphatic rings. The van der Waals surface area contributed by atoms with Crippen molar-refractivity contribution in [2.45, 2.75) is 19.8 Å². The summed E-state index contributed by atoms with van der Waals surface area (Å²) in [5, 5.41) is 8.88. The normalized spacial score (nSPS) is 14.0. The maximum Gasteiger partial charge on any atom is 0.222 e. The zero-order chi connectivity index (χ0) is 18.2. The number of carbonyl (C=O) groups excluding carboxylic acids is 2. The van der Waals surface area contributed by atoms with Gasteiger partial charge >= 0.3 is 0 Å². The molecule has 1 aromatic rings. The minimum absolute atomic E-state index is 0.0527. The van der Waals surface area contributed by atoms with Crippen LogP contribution >= 0.6 is 0 Å². The van der Waals surface area contributed by atoms with Gasteiger partial charge in [0, 0.05) is 45.6 Å². The van der Waals surface area contributed by atoms with Gasteiger partial charge in [0.05, 0.1) is 25.3 Å². The van der Waals surface area contributed by atoms with Gasteiger partial charge in [0.2, 0.25) is 11.8 Å². The summed E-state index contributed by atoms with van der Waals surface area (Å²) in [6.45, 7) is 4.30. The molecule has 1 aromatic carbocycles. The van der Waals surface area contributed by atoms with Crippen LogP contribution in [0.5, 0.6) is 11.5 Å². The number of hydrogen-bond acceptors (Lipinski definition) is 5. The molecular weight excluding hydrogens is 322 g/mol. The molecule has 2 amide bonds. The lowest BCUT2D eigenvalue weighted by Gasteiger charge is -2.34. The highest BCUT2D eigenvalue weighted by Crippen LogP contribution is 2.27. The number of piperazine rings is 1. The fourth-order valence-electron chi connectivity index (χ4n) is 2.69. The standard InChI is InChI=1S/C18H23N3O4/c1-14(22)20-7-9-21(10-8-20)18(23)4-3-11-25-16-6-5-15(13-19)12-17(16)24-2/h5-6,12H,3-4,7-11H2,1-2H3. The van der Waals surface area contributed by atoms with Crippen LogP contribution < -0.4 is 9.47 Å². The first-order chi connectivity index (χ1) is 12.0. The smallest absolute Gasteiger partial charge is 0.222 e. The van der Waals surface area contributed by atoms with Crippen LogP contribution in [0.1, 0.15) is 25.3 Å². The number of nitrogens with zero attached hydrogens (tertiary/aromatic N) is 3. The lowest BCUT2D eigenvalue weighted by Crippen LogP contribution is -2.50. The Morgan fingerprint density at radius 3 is 2.44 bits per heavy atom. The third-order valence-electron chi connectivity index (χ3n) is 4.16. The first-order valence-corrected chi connectivity index (χ1v) is 8.29. The highest BCUT2D eigenvalue weighted by Gasteiger charge is 2.21. The number of ether oxygens (including phenoxy) is 2. The van der Waals surface area contributed by atoms with Crippen LogP contribution in [0.25, 0.3) is 0 Å². The SMILES string of the molecule is COc1cc(C#N)ccc1OCCCC(=O)N1CCN(C(C)=O)CC1. The lowest BCUT2D eigenvalue weighted by atomic mass is 10.2. The Hall–Kier alpha value is -2.75. The fraction of sp³-hybridized carbons (Fsp3) is 0.500. The van der Waals surface area contributed by atoms with Crippen LogP contribution in [0.2, 0.25) is 0 Å². The molecule has 1 fully saturated rings. The number of rotatable bonds is 6. The van der Waals surface area contributed by atoms with Crippen LogP contribution in [-0.4, -0.2) is 61.5 Å². The minimum Gasteiger partial charge on any atom is -0.493 e. The first-order valence-electron chi connectivity index (χ1n) is 8.29. The second-order valence-electron chi connectivity index (χ2n) is 5.82. The van der Waals surface area contributed by atoms with E-state index >= 15 is 0 Å².